The quantitative estimate of drug-likeness (QED) is 0.237. The molecule has 0 saturated heterocycles. The molecule has 5 heteroatoms. The molecule has 5 rings (SSSR count). The van der Waals surface area contributed by atoms with Crippen molar-refractivity contribution in [3.05, 3.63) is 109 Å². The predicted octanol–water partition coefficient (Wildman–Crippen LogP) is 5.85. The van der Waals surface area contributed by atoms with Gasteiger partial charge in [-0.2, -0.15) is 0 Å². The van der Waals surface area contributed by atoms with Crippen LogP contribution >= 0.6 is 7.29 Å². The number of benzene rings is 4. The zero-order valence-corrected chi connectivity index (χ0v) is 21.2. The number of rotatable bonds is 8. The second-order valence-corrected chi connectivity index (χ2v) is 12.2. The highest BCUT2D eigenvalue weighted by atomic mass is 31.2. The highest BCUT2D eigenvalue weighted by Gasteiger charge is 2.40. The first-order chi connectivity index (χ1) is 17.6. The van der Waals surface area contributed by atoms with Crippen molar-refractivity contribution in [3.8, 4) is 0 Å². The molecule has 1 aliphatic rings. The molecule has 0 aromatic heterocycles. The van der Waals surface area contributed by atoms with Crippen molar-refractivity contribution in [2.45, 2.75) is 44.2 Å². The molecule has 1 aliphatic carbocycles. The Kier molecular flexibility index (Phi) is 7.48. The smallest absolute Gasteiger partial charge is 0.204 e. The van der Waals surface area contributed by atoms with E-state index in [0.717, 1.165) is 42.9 Å². The van der Waals surface area contributed by atoms with Crippen LogP contribution in [-0.2, 0) is 4.57 Å². The third-order valence-electron chi connectivity index (χ3n) is 7.37. The van der Waals surface area contributed by atoms with E-state index in [1.165, 1.54) is 0 Å². The van der Waals surface area contributed by atoms with Crippen molar-refractivity contribution in [1.29, 1.82) is 0 Å². The monoisotopic (exact) mass is 497 g/mol. The molecule has 0 amide bonds. The highest BCUT2D eigenvalue weighted by Crippen LogP contribution is 2.42. The Hall–Kier alpha value is -3.04. The van der Waals surface area contributed by atoms with Crippen LogP contribution in [0.25, 0.3) is 10.8 Å². The minimum absolute atomic E-state index is 0.0545. The molecule has 0 unspecified atom stereocenters. The van der Waals surface area contributed by atoms with E-state index in [4.69, 9.17) is 0 Å². The van der Waals surface area contributed by atoms with Gasteiger partial charge in [-0.3, -0.25) is 14.4 Å². The number of aliphatic hydroxyl groups excluding tert-OH is 1. The van der Waals surface area contributed by atoms with Crippen LogP contribution in [0.3, 0.4) is 0 Å². The SMILES string of the molecule is O=C(c1ccc2ccccc2c1)[C@@H](O)[C@@H](NP(=O)(c1ccccc1)c1ccccc1)C1CCCCC1. The van der Waals surface area contributed by atoms with E-state index < -0.39 is 19.4 Å². The molecule has 4 aromatic carbocycles. The van der Waals surface area contributed by atoms with Gasteiger partial charge in [0.15, 0.2) is 5.78 Å². The van der Waals surface area contributed by atoms with E-state index in [2.05, 4.69) is 5.09 Å². The average molecular weight is 498 g/mol. The Bertz CT molecular complexity index is 1320. The van der Waals surface area contributed by atoms with Gasteiger partial charge in [-0.1, -0.05) is 92.1 Å². The predicted molar refractivity (Wildman–Crippen MR) is 148 cm³/mol. The molecule has 4 nitrogen and oxygen atoms in total. The lowest BCUT2D eigenvalue weighted by Crippen LogP contribution is -2.50. The van der Waals surface area contributed by atoms with Gasteiger partial charge < -0.3 is 5.11 Å². The number of fused-ring (bicyclic) bond motifs is 1. The first-order valence-electron chi connectivity index (χ1n) is 12.8. The molecule has 36 heavy (non-hydrogen) atoms. The molecule has 4 aromatic rings. The van der Waals surface area contributed by atoms with Gasteiger partial charge in [-0.05, 0) is 59.9 Å². The van der Waals surface area contributed by atoms with Gasteiger partial charge in [-0.25, -0.2) is 0 Å². The van der Waals surface area contributed by atoms with E-state index in [-0.39, 0.29) is 11.7 Å². The molecular weight excluding hydrogens is 465 g/mol. The molecule has 0 radical (unpaired) electrons. The van der Waals surface area contributed by atoms with Gasteiger partial charge in [0.25, 0.3) is 0 Å². The number of carbonyl (C=O) groups excluding carboxylic acids is 1. The topological polar surface area (TPSA) is 66.4 Å². The van der Waals surface area contributed by atoms with Crippen LogP contribution in [0.4, 0.5) is 0 Å². The summed E-state index contributed by atoms with van der Waals surface area (Å²) in [4.78, 5) is 13.7. The van der Waals surface area contributed by atoms with Crippen LogP contribution in [0, 0.1) is 5.92 Å². The van der Waals surface area contributed by atoms with Crippen LogP contribution in [0.2, 0.25) is 0 Å². The Morgan fingerprint density at radius 2 is 1.31 bits per heavy atom. The van der Waals surface area contributed by atoms with Crippen LogP contribution in [-0.4, -0.2) is 23.0 Å². The van der Waals surface area contributed by atoms with E-state index in [1.807, 2.05) is 97.1 Å². The van der Waals surface area contributed by atoms with Gasteiger partial charge in [0.1, 0.15) is 6.10 Å². The maximum absolute atomic E-state index is 14.8. The summed E-state index contributed by atoms with van der Waals surface area (Å²) in [6.45, 7) is 0. The zero-order chi connectivity index (χ0) is 25.0. The minimum Gasteiger partial charge on any atom is -0.383 e. The number of aliphatic hydroxyl groups is 1. The summed E-state index contributed by atoms with van der Waals surface area (Å²) in [5.41, 5.74) is 0.470. The maximum atomic E-state index is 14.8. The molecule has 2 N–H and O–H groups in total. The van der Waals surface area contributed by atoms with Crippen molar-refractivity contribution >= 4 is 34.5 Å². The first-order valence-corrected chi connectivity index (χ1v) is 14.5. The van der Waals surface area contributed by atoms with Crippen LogP contribution in [0.5, 0.6) is 0 Å². The molecular formula is C31H32NO3P. The molecule has 0 spiro atoms. The molecule has 1 saturated carbocycles. The van der Waals surface area contributed by atoms with Crippen molar-refractivity contribution in [3.63, 3.8) is 0 Å². The van der Waals surface area contributed by atoms with E-state index in [9.17, 15) is 14.5 Å². The van der Waals surface area contributed by atoms with Crippen molar-refractivity contribution in [2.24, 2.45) is 5.92 Å². The number of hydrogen-bond acceptors (Lipinski definition) is 3. The number of hydrogen-bond donors (Lipinski definition) is 2. The lowest BCUT2D eigenvalue weighted by Gasteiger charge is -2.36. The molecule has 0 heterocycles. The van der Waals surface area contributed by atoms with E-state index in [1.54, 1.807) is 6.07 Å². The normalized spacial score (nSPS) is 16.5. The zero-order valence-electron chi connectivity index (χ0n) is 20.3. The van der Waals surface area contributed by atoms with E-state index in [0.29, 0.717) is 16.2 Å². The Morgan fingerprint density at radius 1 is 0.750 bits per heavy atom. The van der Waals surface area contributed by atoms with Gasteiger partial charge in [0.05, 0.1) is 0 Å². The summed E-state index contributed by atoms with van der Waals surface area (Å²) in [6, 6.07) is 31.5. The summed E-state index contributed by atoms with van der Waals surface area (Å²) in [6.07, 6.45) is 3.70. The molecule has 2 atom stereocenters. The summed E-state index contributed by atoms with van der Waals surface area (Å²) < 4.78 is 14.8. The van der Waals surface area contributed by atoms with Gasteiger partial charge in [0, 0.05) is 22.2 Å². The Morgan fingerprint density at radius 3 is 1.92 bits per heavy atom. The maximum Gasteiger partial charge on any atom is 0.204 e. The summed E-state index contributed by atoms with van der Waals surface area (Å²) >= 11 is 0. The highest BCUT2D eigenvalue weighted by molar-refractivity contribution is 7.76. The fraction of sp³-hybridized carbons (Fsp3) is 0.258. The fourth-order valence-electron chi connectivity index (χ4n) is 5.39. The van der Waals surface area contributed by atoms with Crippen LogP contribution in [0.15, 0.2) is 103 Å². The van der Waals surface area contributed by atoms with Gasteiger partial charge in [-0.15, -0.1) is 0 Å². The minimum atomic E-state index is -3.33. The van der Waals surface area contributed by atoms with Crippen LogP contribution in [0.1, 0.15) is 42.5 Å². The molecule has 0 bridgehead atoms. The van der Waals surface area contributed by atoms with Gasteiger partial charge >= 0.3 is 0 Å². The molecule has 1 fully saturated rings. The number of ketones is 1. The Labute approximate surface area is 212 Å². The number of carbonyl (C=O) groups is 1. The Balaban J connectivity index is 1.53. The van der Waals surface area contributed by atoms with Gasteiger partial charge in [0.2, 0.25) is 7.29 Å². The lowest BCUT2D eigenvalue weighted by atomic mass is 9.80. The van der Waals surface area contributed by atoms with E-state index >= 15 is 0 Å². The number of nitrogens with one attached hydrogen (secondary N) is 1. The summed E-state index contributed by atoms with van der Waals surface area (Å²) in [5.74, 6) is -0.282. The third kappa shape index (κ3) is 5.08. The van der Waals surface area contributed by atoms with Crippen LogP contribution < -0.4 is 15.7 Å². The summed E-state index contributed by atoms with van der Waals surface area (Å²) in [5, 5.41) is 18.3. The van der Waals surface area contributed by atoms with Crippen molar-refractivity contribution in [1.82, 2.24) is 5.09 Å². The van der Waals surface area contributed by atoms with Crippen molar-refractivity contribution in [2.75, 3.05) is 0 Å². The molecule has 0 aliphatic heterocycles. The second kappa shape index (κ2) is 10.9. The van der Waals surface area contributed by atoms with Crippen molar-refractivity contribution < 1.29 is 14.5 Å². The standard InChI is InChI=1S/C31H32NO3P/c33-30(26-21-20-23-12-10-11-15-25(23)22-26)31(34)29(24-13-4-1-5-14-24)32-36(35,27-16-6-2-7-17-27)28-18-8-3-9-19-28/h2-3,6-12,15-22,24,29,31,34H,1,4-5,13-14H2,(H,32,35)/t29-,31-/m0/s1. The summed E-state index contributed by atoms with van der Waals surface area (Å²) in [7, 11) is -3.33. The lowest BCUT2D eigenvalue weighted by molar-refractivity contribution is 0.0582. The first kappa shape index (κ1) is 24.6. The second-order valence-electron chi connectivity index (χ2n) is 9.70. The fourth-order valence-corrected chi connectivity index (χ4v) is 7.94. The number of Topliss-reactive ketones (excluding diaryl/α,β-unsaturated/α-hetero) is 1. The largest absolute Gasteiger partial charge is 0.383 e. The third-order valence-corrected chi connectivity index (χ3v) is 10.1. The average Bonchev–Trinajstić information content (AvgIpc) is 2.96. The molecule has 184 valence electrons.